The van der Waals surface area contributed by atoms with Crippen LogP contribution in [0.15, 0.2) is 90.0 Å². The average molecular weight is 334 g/mol. The van der Waals surface area contributed by atoms with Gasteiger partial charge in [-0.25, -0.2) is 0 Å². The molecule has 24 heavy (non-hydrogen) atoms. The van der Waals surface area contributed by atoms with E-state index in [4.69, 9.17) is 4.98 Å². The van der Waals surface area contributed by atoms with E-state index in [0.717, 1.165) is 12.1 Å². The van der Waals surface area contributed by atoms with Crippen LogP contribution in [0.1, 0.15) is 37.4 Å². The Kier molecular flexibility index (Phi) is 5.71. The van der Waals surface area contributed by atoms with Gasteiger partial charge >= 0.3 is 0 Å². The summed E-state index contributed by atoms with van der Waals surface area (Å²) in [5.41, 5.74) is 2.46. The molecule has 0 radical (unpaired) electrons. The second-order valence-corrected chi connectivity index (χ2v) is 7.30. The molecule has 1 heterocycles. The molecule has 3 rings (SSSR count). The Hall–Kier alpha value is -2.06. The summed E-state index contributed by atoms with van der Waals surface area (Å²) < 4.78 is -0.153. The Labute approximate surface area is 149 Å². The van der Waals surface area contributed by atoms with E-state index in [1.807, 2.05) is 24.0 Å². The summed E-state index contributed by atoms with van der Waals surface area (Å²) in [5, 5.41) is 0. The van der Waals surface area contributed by atoms with E-state index in [1.54, 1.807) is 0 Å². The lowest BCUT2D eigenvalue weighted by molar-refractivity contribution is 0.595. The van der Waals surface area contributed by atoms with Crippen molar-refractivity contribution in [1.29, 1.82) is 0 Å². The largest absolute Gasteiger partial charge is 0.259 e. The van der Waals surface area contributed by atoms with Crippen molar-refractivity contribution in [2.75, 3.05) is 0 Å². The van der Waals surface area contributed by atoms with Crippen LogP contribution in [0.4, 0.5) is 0 Å². The molecule has 0 aliphatic heterocycles. The number of hydrogen-bond donors (Lipinski definition) is 0. The molecule has 0 amide bonds. The number of aromatic nitrogens is 1. The van der Waals surface area contributed by atoms with Crippen molar-refractivity contribution in [2.45, 2.75) is 35.8 Å². The van der Waals surface area contributed by atoms with Crippen molar-refractivity contribution in [3.8, 4) is 0 Å². The van der Waals surface area contributed by atoms with E-state index < -0.39 is 0 Å². The molecule has 1 aromatic heterocycles. The van der Waals surface area contributed by atoms with Gasteiger partial charge in [-0.15, -0.1) is 11.8 Å². The first kappa shape index (κ1) is 16.8. The molecule has 2 aromatic carbocycles. The van der Waals surface area contributed by atoms with Gasteiger partial charge in [-0.2, -0.15) is 0 Å². The highest BCUT2D eigenvalue weighted by Crippen LogP contribution is 2.49. The minimum Gasteiger partial charge on any atom is -0.259 e. The normalized spacial score (nSPS) is 13.4. The molecule has 0 spiro atoms. The number of thioether (sulfide) groups is 1. The summed E-state index contributed by atoms with van der Waals surface area (Å²) in [7, 11) is 0. The fraction of sp³-hybridized carbons (Fsp3) is 0.227. The summed E-state index contributed by atoms with van der Waals surface area (Å²) >= 11 is 1.92. The standard InChI is InChI=1S/C22H23NS/c1-2-3-17-22(19-12-6-4-7-13-19,21-16-10-11-18-23-21)24-20-14-8-5-9-15-20/h4-16,18H,2-3,17H2,1H3. The maximum Gasteiger partial charge on any atom is 0.0875 e. The van der Waals surface area contributed by atoms with Crippen molar-refractivity contribution in [1.82, 2.24) is 4.98 Å². The maximum atomic E-state index is 4.76. The summed E-state index contributed by atoms with van der Waals surface area (Å²) in [5.74, 6) is 0. The number of benzene rings is 2. The Balaban J connectivity index is 2.12. The first-order chi connectivity index (χ1) is 11.8. The van der Waals surface area contributed by atoms with Gasteiger partial charge in [0.05, 0.1) is 10.4 Å². The van der Waals surface area contributed by atoms with Gasteiger partial charge in [0, 0.05) is 11.1 Å². The molecule has 2 heteroatoms. The minimum atomic E-state index is -0.153. The highest BCUT2D eigenvalue weighted by atomic mass is 32.2. The van der Waals surface area contributed by atoms with Gasteiger partial charge < -0.3 is 0 Å². The van der Waals surface area contributed by atoms with Crippen LogP contribution in [-0.4, -0.2) is 4.98 Å². The van der Waals surface area contributed by atoms with Gasteiger partial charge in [-0.3, -0.25) is 4.98 Å². The van der Waals surface area contributed by atoms with E-state index >= 15 is 0 Å². The van der Waals surface area contributed by atoms with E-state index in [-0.39, 0.29) is 4.75 Å². The molecule has 3 aromatic rings. The monoisotopic (exact) mass is 333 g/mol. The molecule has 122 valence electrons. The number of rotatable bonds is 7. The molecule has 0 fully saturated rings. The number of pyridine rings is 1. The lowest BCUT2D eigenvalue weighted by atomic mass is 9.89. The second-order valence-electron chi connectivity index (χ2n) is 5.93. The van der Waals surface area contributed by atoms with Crippen LogP contribution in [0.2, 0.25) is 0 Å². The SMILES string of the molecule is CCCCC(Sc1ccccc1)(c1ccccc1)c1ccccn1. The summed E-state index contributed by atoms with van der Waals surface area (Å²) in [4.78, 5) is 6.04. The van der Waals surface area contributed by atoms with Crippen molar-refractivity contribution in [3.05, 3.63) is 96.3 Å². The van der Waals surface area contributed by atoms with Crippen molar-refractivity contribution in [3.63, 3.8) is 0 Å². The molecule has 1 nitrogen and oxygen atoms in total. The minimum absolute atomic E-state index is 0.153. The highest BCUT2D eigenvalue weighted by Gasteiger charge is 2.36. The van der Waals surface area contributed by atoms with E-state index in [0.29, 0.717) is 0 Å². The predicted molar refractivity (Wildman–Crippen MR) is 103 cm³/mol. The molecule has 0 aliphatic rings. The quantitative estimate of drug-likeness (QED) is 0.470. The fourth-order valence-electron chi connectivity index (χ4n) is 3.01. The van der Waals surface area contributed by atoms with E-state index in [9.17, 15) is 0 Å². The maximum absolute atomic E-state index is 4.76. The Morgan fingerprint density at radius 2 is 1.50 bits per heavy atom. The number of unbranched alkanes of at least 4 members (excludes halogenated alkanes) is 1. The summed E-state index contributed by atoms with van der Waals surface area (Å²) in [6, 6.07) is 27.7. The van der Waals surface area contributed by atoms with Gasteiger partial charge in [0.15, 0.2) is 0 Å². The Morgan fingerprint density at radius 1 is 0.833 bits per heavy atom. The first-order valence-electron chi connectivity index (χ1n) is 8.56. The lowest BCUT2D eigenvalue weighted by Gasteiger charge is -2.33. The van der Waals surface area contributed by atoms with E-state index in [2.05, 4.69) is 79.7 Å². The third-order valence-corrected chi connectivity index (χ3v) is 5.74. The zero-order valence-electron chi connectivity index (χ0n) is 14.1. The Morgan fingerprint density at radius 3 is 2.12 bits per heavy atom. The van der Waals surface area contributed by atoms with Crippen LogP contribution >= 0.6 is 11.8 Å². The molecule has 0 aliphatic carbocycles. The van der Waals surface area contributed by atoms with Crippen molar-refractivity contribution >= 4 is 11.8 Å². The van der Waals surface area contributed by atoms with Crippen molar-refractivity contribution in [2.24, 2.45) is 0 Å². The van der Waals surface area contributed by atoms with Gasteiger partial charge in [-0.05, 0) is 36.2 Å². The molecule has 1 atom stereocenters. The zero-order chi connectivity index (χ0) is 16.7. The van der Waals surface area contributed by atoms with Gasteiger partial charge in [0.25, 0.3) is 0 Å². The highest BCUT2D eigenvalue weighted by molar-refractivity contribution is 8.00. The van der Waals surface area contributed by atoms with Crippen molar-refractivity contribution < 1.29 is 0 Å². The fourth-order valence-corrected chi connectivity index (χ4v) is 4.43. The zero-order valence-corrected chi connectivity index (χ0v) is 14.9. The molecule has 0 saturated carbocycles. The van der Waals surface area contributed by atoms with Crippen LogP contribution in [0.3, 0.4) is 0 Å². The van der Waals surface area contributed by atoms with Gasteiger partial charge in [-0.1, -0.05) is 74.4 Å². The molecule has 1 unspecified atom stereocenters. The predicted octanol–water partition coefficient (Wildman–Crippen LogP) is 6.31. The number of hydrogen-bond acceptors (Lipinski definition) is 2. The average Bonchev–Trinajstić information content (AvgIpc) is 2.67. The molecular weight excluding hydrogens is 310 g/mol. The van der Waals surface area contributed by atoms with Gasteiger partial charge in [0.2, 0.25) is 0 Å². The molecule has 0 N–H and O–H groups in total. The van der Waals surface area contributed by atoms with Gasteiger partial charge in [0.1, 0.15) is 0 Å². The van der Waals surface area contributed by atoms with Crippen LogP contribution in [0, 0.1) is 0 Å². The molecular formula is C22H23NS. The molecule has 0 saturated heterocycles. The van der Waals surface area contributed by atoms with Crippen LogP contribution in [0.5, 0.6) is 0 Å². The molecule has 0 bridgehead atoms. The Bertz CT molecular complexity index is 686. The van der Waals surface area contributed by atoms with E-state index in [1.165, 1.54) is 23.3 Å². The smallest absolute Gasteiger partial charge is 0.0875 e. The topological polar surface area (TPSA) is 12.9 Å². The number of nitrogens with zero attached hydrogens (tertiary/aromatic N) is 1. The summed E-state index contributed by atoms with van der Waals surface area (Å²) in [6.45, 7) is 2.25. The van der Waals surface area contributed by atoms with Crippen LogP contribution < -0.4 is 0 Å². The van der Waals surface area contributed by atoms with Crippen LogP contribution in [-0.2, 0) is 4.75 Å². The lowest BCUT2D eigenvalue weighted by Crippen LogP contribution is -2.25. The third-order valence-electron chi connectivity index (χ3n) is 4.24. The third kappa shape index (κ3) is 3.70. The summed E-state index contributed by atoms with van der Waals surface area (Å²) in [6.07, 6.45) is 5.33. The first-order valence-corrected chi connectivity index (χ1v) is 9.38. The van der Waals surface area contributed by atoms with Crippen LogP contribution in [0.25, 0.3) is 0 Å². The second kappa shape index (κ2) is 8.16.